The van der Waals surface area contributed by atoms with E-state index < -0.39 is 23.7 Å². The minimum atomic E-state index is -0.733. The molecule has 0 radical (unpaired) electrons. The lowest BCUT2D eigenvalue weighted by atomic mass is 9.71. The van der Waals surface area contributed by atoms with E-state index in [0.717, 1.165) is 16.9 Å². The second-order valence-electron chi connectivity index (χ2n) is 10.5. The van der Waals surface area contributed by atoms with E-state index in [1.54, 1.807) is 0 Å². The molecule has 0 aliphatic heterocycles. The molecule has 36 heavy (non-hydrogen) atoms. The van der Waals surface area contributed by atoms with Crippen molar-refractivity contribution in [2.75, 3.05) is 4.90 Å². The average Bonchev–Trinajstić information content (AvgIpc) is 2.84. The topological polar surface area (TPSA) is 58.6 Å². The standard InChI is InChI=1S/C31H38N2O3/c1-23(2)21-27(30(35)36-31(3,4)5)32-29(34)28(22-24-15-9-6-10-16-24)33(25-17-11-7-12-18-25)26-19-13-8-14-20-26/h6-20,23,27-28H,21-22H2,1-5H3,(H,32,34)/t27-,28-/m0/s1/i22-1. The zero-order valence-corrected chi connectivity index (χ0v) is 22.0. The number of carbonyl (C=O) groups excluding carboxylic acids is 2. The number of esters is 1. The molecule has 0 spiro atoms. The lowest BCUT2D eigenvalue weighted by Gasteiger charge is -2.34. The van der Waals surface area contributed by atoms with Gasteiger partial charge >= 0.3 is 5.97 Å². The van der Waals surface area contributed by atoms with Gasteiger partial charge in [-0.3, -0.25) is 4.79 Å². The Kier molecular flexibility index (Phi) is 9.29. The smallest absolute Gasteiger partial charge is 0.329 e. The van der Waals surface area contributed by atoms with E-state index in [-0.39, 0.29) is 11.8 Å². The van der Waals surface area contributed by atoms with Crippen molar-refractivity contribution in [2.45, 2.75) is 65.1 Å². The predicted octanol–water partition coefficient (Wildman–Crippen LogP) is 6.31. The third-order valence-corrected chi connectivity index (χ3v) is 5.67. The fourth-order valence-electron chi connectivity index (χ4n) is 4.15. The van der Waals surface area contributed by atoms with E-state index >= 15 is 0 Å². The van der Waals surface area contributed by atoms with Gasteiger partial charge in [-0.25, -0.2) is 4.79 Å². The summed E-state index contributed by atoms with van der Waals surface area (Å²) < 4.78 is 5.66. The molecule has 0 bridgehead atoms. The van der Waals surface area contributed by atoms with E-state index in [9.17, 15) is 9.59 Å². The van der Waals surface area contributed by atoms with E-state index in [1.807, 2.05) is 131 Å². The molecular formula is C31H38N2O3. The van der Waals surface area contributed by atoms with Crippen molar-refractivity contribution in [2.24, 2.45) is 5.92 Å². The van der Waals surface area contributed by atoms with Crippen LogP contribution in [0, 0.1) is 5.92 Å². The molecule has 0 fully saturated rings. The summed E-state index contributed by atoms with van der Waals surface area (Å²) in [6.45, 7) is 9.58. The maximum Gasteiger partial charge on any atom is 0.329 e. The second kappa shape index (κ2) is 12.4. The van der Waals surface area contributed by atoms with Gasteiger partial charge in [0.25, 0.3) is 0 Å². The molecule has 1 amide bonds. The van der Waals surface area contributed by atoms with Gasteiger partial charge in [-0.15, -0.1) is 0 Å². The SMILES string of the molecule is CC(C)C[C@H](NC(=O)[C@H]([11CH2]c1ccccc1)N(c1ccccc1)c1ccccc1)C(=O)OC(C)(C)C. The van der Waals surface area contributed by atoms with Crippen LogP contribution in [0.15, 0.2) is 91.0 Å². The second-order valence-corrected chi connectivity index (χ2v) is 10.5. The van der Waals surface area contributed by atoms with Crippen molar-refractivity contribution >= 4 is 23.3 Å². The van der Waals surface area contributed by atoms with Crippen LogP contribution in [0.3, 0.4) is 0 Å². The summed E-state index contributed by atoms with van der Waals surface area (Å²) in [6, 6.07) is 28.4. The zero-order valence-electron chi connectivity index (χ0n) is 22.0. The first-order valence-corrected chi connectivity index (χ1v) is 12.6. The highest BCUT2D eigenvalue weighted by Gasteiger charge is 2.33. The average molecular weight is 486 g/mol. The largest absolute Gasteiger partial charge is 0.458 e. The highest BCUT2D eigenvalue weighted by molar-refractivity contribution is 5.92. The molecule has 1 N–H and O–H groups in total. The minimum Gasteiger partial charge on any atom is -0.458 e. The number of amides is 1. The first-order valence-electron chi connectivity index (χ1n) is 12.6. The summed E-state index contributed by atoms with van der Waals surface area (Å²) >= 11 is 0. The number of nitrogens with zero attached hydrogens (tertiary/aromatic N) is 1. The molecule has 0 saturated carbocycles. The molecule has 3 aromatic rings. The van der Waals surface area contributed by atoms with Gasteiger partial charge in [-0.05, 0) is 62.9 Å². The van der Waals surface area contributed by atoms with E-state index in [4.69, 9.17) is 4.74 Å². The molecule has 0 saturated heterocycles. The van der Waals surface area contributed by atoms with Crippen LogP contribution in [-0.2, 0) is 20.7 Å². The van der Waals surface area contributed by atoms with Crippen LogP contribution in [-0.4, -0.2) is 29.6 Å². The normalized spacial score (nSPS) is 13.1. The number of rotatable bonds is 10. The Labute approximate surface area is 215 Å². The summed E-state index contributed by atoms with van der Waals surface area (Å²) in [5.41, 5.74) is 2.20. The molecule has 2 atom stereocenters. The van der Waals surface area contributed by atoms with E-state index in [2.05, 4.69) is 5.32 Å². The van der Waals surface area contributed by atoms with Gasteiger partial charge in [0, 0.05) is 17.8 Å². The molecule has 190 valence electrons. The number of nitrogens with one attached hydrogen (secondary N) is 1. The predicted molar refractivity (Wildman–Crippen MR) is 146 cm³/mol. The molecule has 5 heteroatoms. The number of benzene rings is 3. The van der Waals surface area contributed by atoms with Crippen molar-refractivity contribution in [1.29, 1.82) is 0 Å². The maximum atomic E-state index is 14.0. The number of hydrogen-bond acceptors (Lipinski definition) is 4. The third kappa shape index (κ3) is 7.98. The maximum absolute atomic E-state index is 14.0. The monoisotopic (exact) mass is 485 g/mol. The highest BCUT2D eigenvalue weighted by atomic mass is 16.6. The van der Waals surface area contributed by atoms with Crippen molar-refractivity contribution in [1.82, 2.24) is 5.32 Å². The summed E-state index contributed by atoms with van der Waals surface area (Å²) in [6.07, 6.45) is 0.967. The highest BCUT2D eigenvalue weighted by Crippen LogP contribution is 2.29. The summed E-state index contributed by atoms with van der Waals surface area (Å²) in [7, 11) is 0. The Morgan fingerprint density at radius 3 is 1.72 bits per heavy atom. The Hall–Kier alpha value is -3.60. The first-order chi connectivity index (χ1) is 17.1. The number of carbonyl (C=O) groups is 2. The number of para-hydroxylation sites is 2. The summed E-state index contributed by atoms with van der Waals surface area (Å²) in [5, 5.41) is 3.06. The van der Waals surface area contributed by atoms with Gasteiger partial charge in [0.2, 0.25) is 5.91 Å². The van der Waals surface area contributed by atoms with Gasteiger partial charge in [0.1, 0.15) is 17.7 Å². The molecule has 0 heterocycles. The lowest BCUT2D eigenvalue weighted by molar-refractivity contribution is -0.159. The molecule has 0 aliphatic rings. The van der Waals surface area contributed by atoms with Gasteiger partial charge in [-0.1, -0.05) is 80.6 Å². The van der Waals surface area contributed by atoms with Gasteiger partial charge < -0.3 is 15.0 Å². The fourth-order valence-corrected chi connectivity index (χ4v) is 4.15. The molecule has 3 rings (SSSR count). The van der Waals surface area contributed by atoms with Crippen LogP contribution in [0.2, 0.25) is 0 Å². The van der Waals surface area contributed by atoms with Crippen LogP contribution in [0.4, 0.5) is 11.4 Å². The quantitative estimate of drug-likeness (QED) is 0.342. The minimum absolute atomic E-state index is 0.203. The van der Waals surface area contributed by atoms with Crippen molar-refractivity contribution in [3.63, 3.8) is 0 Å². The van der Waals surface area contributed by atoms with Crippen LogP contribution in [0.5, 0.6) is 0 Å². The zero-order chi connectivity index (χ0) is 26.1. The summed E-state index contributed by atoms with van der Waals surface area (Å²) in [5.74, 6) is -0.424. The van der Waals surface area contributed by atoms with Crippen LogP contribution in [0.25, 0.3) is 0 Å². The Morgan fingerprint density at radius 1 is 0.806 bits per heavy atom. The van der Waals surface area contributed by atoms with Crippen LogP contribution >= 0.6 is 0 Å². The lowest BCUT2D eigenvalue weighted by Crippen LogP contribution is -2.52. The number of hydrogen-bond donors (Lipinski definition) is 1. The van der Waals surface area contributed by atoms with Crippen molar-refractivity contribution in [3.05, 3.63) is 96.6 Å². The van der Waals surface area contributed by atoms with Gasteiger partial charge in [-0.2, -0.15) is 0 Å². The fraction of sp³-hybridized carbons (Fsp3) is 0.355. The van der Waals surface area contributed by atoms with Crippen molar-refractivity contribution < 1.29 is 14.3 Å². The first kappa shape index (κ1) is 27.0. The third-order valence-electron chi connectivity index (χ3n) is 5.67. The Balaban J connectivity index is 2.01. The van der Waals surface area contributed by atoms with Crippen LogP contribution in [0.1, 0.15) is 46.6 Å². The van der Waals surface area contributed by atoms with Crippen molar-refractivity contribution in [3.8, 4) is 0 Å². The molecule has 0 unspecified atom stereocenters. The number of anilines is 2. The molecule has 0 aromatic heterocycles. The van der Waals surface area contributed by atoms with Gasteiger partial charge in [0.05, 0.1) is 0 Å². The molecule has 0 aliphatic carbocycles. The Morgan fingerprint density at radius 2 is 1.28 bits per heavy atom. The molecule has 5 nitrogen and oxygen atoms in total. The number of ether oxygens (including phenoxy) is 1. The van der Waals surface area contributed by atoms with E-state index in [1.165, 1.54) is 0 Å². The Bertz CT molecular complexity index is 1050. The molecule has 3 aromatic carbocycles. The van der Waals surface area contributed by atoms with E-state index in [0.29, 0.717) is 12.8 Å². The van der Waals surface area contributed by atoms with Gasteiger partial charge in [0.15, 0.2) is 0 Å². The summed E-state index contributed by atoms with van der Waals surface area (Å²) in [4.78, 5) is 29.2. The molecular weight excluding hydrogens is 447 g/mol. The van der Waals surface area contributed by atoms with Crippen LogP contribution < -0.4 is 10.2 Å².